The number of ether oxygens (including phenoxy) is 2. The van der Waals surface area contributed by atoms with Gasteiger partial charge in [0.05, 0.1) is 38.6 Å². The Morgan fingerprint density at radius 2 is 1.82 bits per heavy atom. The first-order valence-electron chi connectivity index (χ1n) is 9.97. The Kier molecular flexibility index (Phi) is 6.31. The fraction of sp³-hybridized carbons (Fsp3) is 0.455. The number of hydrogen-bond donors (Lipinski definition) is 0. The second kappa shape index (κ2) is 9.28. The summed E-state index contributed by atoms with van der Waals surface area (Å²) in [5, 5.41) is 0. The fourth-order valence-electron chi connectivity index (χ4n) is 3.69. The lowest BCUT2D eigenvalue weighted by Gasteiger charge is -2.35. The fourth-order valence-corrected chi connectivity index (χ4v) is 3.69. The van der Waals surface area contributed by atoms with Crippen LogP contribution in [0.25, 0.3) is 0 Å². The number of amides is 1. The molecule has 0 saturated carbocycles. The predicted molar refractivity (Wildman–Crippen MR) is 106 cm³/mol. The second-order valence-electron chi connectivity index (χ2n) is 7.30. The van der Waals surface area contributed by atoms with E-state index in [4.69, 9.17) is 14.5 Å². The van der Waals surface area contributed by atoms with Crippen LogP contribution >= 0.6 is 0 Å². The minimum absolute atomic E-state index is 0.163. The molecule has 4 rings (SSSR count). The summed E-state index contributed by atoms with van der Waals surface area (Å²) < 4.78 is 11.3. The van der Waals surface area contributed by atoms with E-state index in [0.717, 1.165) is 30.9 Å². The zero-order chi connectivity index (χ0) is 19.2. The summed E-state index contributed by atoms with van der Waals surface area (Å²) >= 11 is 0. The van der Waals surface area contributed by atoms with Crippen LogP contribution in [-0.4, -0.2) is 73.2 Å². The van der Waals surface area contributed by atoms with Crippen LogP contribution in [0, 0.1) is 0 Å². The summed E-state index contributed by atoms with van der Waals surface area (Å²) in [7, 11) is 0. The zero-order valence-corrected chi connectivity index (χ0v) is 16.1. The normalized spacial score (nSPS) is 20.9. The van der Waals surface area contributed by atoms with Gasteiger partial charge >= 0.3 is 0 Å². The van der Waals surface area contributed by atoms with Crippen molar-refractivity contribution in [3.8, 4) is 0 Å². The minimum atomic E-state index is -0.168. The summed E-state index contributed by atoms with van der Waals surface area (Å²) in [5.41, 5.74) is 3.15. The predicted octanol–water partition coefficient (Wildman–Crippen LogP) is 1.90. The van der Waals surface area contributed by atoms with Gasteiger partial charge in [-0.1, -0.05) is 36.4 Å². The van der Waals surface area contributed by atoms with E-state index in [-0.39, 0.29) is 12.0 Å². The molecule has 1 amide bonds. The number of carbonyl (C=O) groups is 1. The average molecular weight is 381 g/mol. The maximum Gasteiger partial charge on any atom is 0.236 e. The molecular formula is C22H27N3O3. The highest BCUT2D eigenvalue weighted by atomic mass is 16.5. The molecule has 0 spiro atoms. The molecule has 28 heavy (non-hydrogen) atoms. The first-order chi connectivity index (χ1) is 13.8. The lowest BCUT2D eigenvalue weighted by molar-refractivity contribution is -0.141. The molecule has 2 aliphatic heterocycles. The van der Waals surface area contributed by atoms with Crippen LogP contribution in [0.5, 0.6) is 0 Å². The van der Waals surface area contributed by atoms with Gasteiger partial charge in [0.25, 0.3) is 0 Å². The van der Waals surface area contributed by atoms with Gasteiger partial charge in [-0.05, 0) is 17.7 Å². The standard InChI is InChI=1S/C22H27N3O3/c26-22(17-24-9-12-27-13-10-24)25-11-14-28-21(16-25)20-8-4-7-19(23-20)15-18-5-2-1-3-6-18/h1-8,21H,9-17H2. The number of benzene rings is 1. The van der Waals surface area contributed by atoms with Crippen molar-refractivity contribution in [2.24, 2.45) is 0 Å². The van der Waals surface area contributed by atoms with Gasteiger partial charge in [-0.15, -0.1) is 0 Å². The molecular weight excluding hydrogens is 354 g/mol. The molecule has 1 unspecified atom stereocenters. The number of rotatable bonds is 5. The Bertz CT molecular complexity index is 778. The van der Waals surface area contributed by atoms with E-state index in [2.05, 4.69) is 17.0 Å². The SMILES string of the molecule is O=C(CN1CCOCC1)N1CCOC(c2cccc(Cc3ccccc3)n2)C1. The van der Waals surface area contributed by atoms with Crippen LogP contribution in [0.3, 0.4) is 0 Å². The van der Waals surface area contributed by atoms with Gasteiger partial charge < -0.3 is 14.4 Å². The van der Waals surface area contributed by atoms with Crippen molar-refractivity contribution in [1.82, 2.24) is 14.8 Å². The minimum Gasteiger partial charge on any atom is -0.379 e. The van der Waals surface area contributed by atoms with Crippen molar-refractivity contribution in [2.75, 3.05) is 52.5 Å². The van der Waals surface area contributed by atoms with Gasteiger partial charge in [0, 0.05) is 31.7 Å². The third kappa shape index (κ3) is 4.95. The molecule has 3 heterocycles. The van der Waals surface area contributed by atoms with E-state index < -0.39 is 0 Å². The largest absolute Gasteiger partial charge is 0.379 e. The van der Waals surface area contributed by atoms with Crippen molar-refractivity contribution >= 4 is 5.91 Å². The zero-order valence-electron chi connectivity index (χ0n) is 16.1. The molecule has 2 saturated heterocycles. The monoisotopic (exact) mass is 381 g/mol. The van der Waals surface area contributed by atoms with Crippen molar-refractivity contribution in [3.05, 3.63) is 65.5 Å². The van der Waals surface area contributed by atoms with Gasteiger partial charge in [0.1, 0.15) is 6.10 Å². The highest BCUT2D eigenvalue weighted by Crippen LogP contribution is 2.22. The number of carbonyl (C=O) groups excluding carboxylic acids is 1. The Hall–Kier alpha value is -2.28. The van der Waals surface area contributed by atoms with Crippen LogP contribution in [0.15, 0.2) is 48.5 Å². The second-order valence-corrected chi connectivity index (χ2v) is 7.30. The number of pyridine rings is 1. The molecule has 0 N–H and O–H groups in total. The smallest absolute Gasteiger partial charge is 0.236 e. The van der Waals surface area contributed by atoms with Crippen molar-refractivity contribution < 1.29 is 14.3 Å². The molecule has 0 bridgehead atoms. The summed E-state index contributed by atoms with van der Waals surface area (Å²) in [6, 6.07) is 16.4. The molecule has 1 atom stereocenters. The molecule has 148 valence electrons. The highest BCUT2D eigenvalue weighted by Gasteiger charge is 2.27. The van der Waals surface area contributed by atoms with Crippen molar-refractivity contribution in [3.63, 3.8) is 0 Å². The van der Waals surface area contributed by atoms with Crippen LogP contribution in [0.2, 0.25) is 0 Å². The van der Waals surface area contributed by atoms with Crippen LogP contribution < -0.4 is 0 Å². The Morgan fingerprint density at radius 1 is 1.00 bits per heavy atom. The Labute approximate surface area is 166 Å². The molecule has 6 nitrogen and oxygen atoms in total. The molecule has 2 aromatic rings. The van der Waals surface area contributed by atoms with Gasteiger partial charge in [-0.3, -0.25) is 14.7 Å². The molecule has 0 aliphatic carbocycles. The first-order valence-corrected chi connectivity index (χ1v) is 9.97. The van der Waals surface area contributed by atoms with E-state index in [1.165, 1.54) is 5.56 Å². The summed E-state index contributed by atoms with van der Waals surface area (Å²) in [6.45, 7) is 5.26. The van der Waals surface area contributed by atoms with Gasteiger partial charge in [0.15, 0.2) is 0 Å². The molecule has 1 aromatic heterocycles. The van der Waals surface area contributed by atoms with Crippen LogP contribution in [0.1, 0.15) is 23.1 Å². The summed E-state index contributed by atoms with van der Waals surface area (Å²) in [6.07, 6.45) is 0.624. The first kappa shape index (κ1) is 19.1. The number of morpholine rings is 2. The number of aromatic nitrogens is 1. The van der Waals surface area contributed by atoms with Crippen LogP contribution in [-0.2, 0) is 20.7 Å². The van der Waals surface area contributed by atoms with Gasteiger partial charge in [0.2, 0.25) is 5.91 Å². The lowest BCUT2D eigenvalue weighted by Crippen LogP contribution is -2.48. The topological polar surface area (TPSA) is 54.9 Å². The van der Waals surface area contributed by atoms with E-state index in [1.54, 1.807) is 0 Å². The quantitative estimate of drug-likeness (QED) is 0.792. The van der Waals surface area contributed by atoms with E-state index in [1.807, 2.05) is 41.3 Å². The third-order valence-corrected chi connectivity index (χ3v) is 5.27. The summed E-state index contributed by atoms with van der Waals surface area (Å²) in [4.78, 5) is 21.6. The van der Waals surface area contributed by atoms with Gasteiger partial charge in [-0.25, -0.2) is 0 Å². The lowest BCUT2D eigenvalue weighted by atomic mass is 10.1. The number of nitrogens with zero attached hydrogens (tertiary/aromatic N) is 3. The van der Waals surface area contributed by atoms with Crippen LogP contribution in [0.4, 0.5) is 0 Å². The molecule has 2 aliphatic rings. The van der Waals surface area contributed by atoms with Gasteiger partial charge in [-0.2, -0.15) is 0 Å². The molecule has 0 radical (unpaired) electrons. The molecule has 1 aromatic carbocycles. The maximum absolute atomic E-state index is 12.7. The Morgan fingerprint density at radius 3 is 2.64 bits per heavy atom. The van der Waals surface area contributed by atoms with E-state index in [9.17, 15) is 4.79 Å². The third-order valence-electron chi connectivity index (χ3n) is 5.27. The molecule has 6 heteroatoms. The number of hydrogen-bond acceptors (Lipinski definition) is 5. The Balaban J connectivity index is 1.38. The average Bonchev–Trinajstić information content (AvgIpc) is 2.75. The summed E-state index contributed by atoms with van der Waals surface area (Å²) in [5.74, 6) is 0.163. The highest BCUT2D eigenvalue weighted by molar-refractivity contribution is 5.78. The maximum atomic E-state index is 12.7. The van der Waals surface area contributed by atoms with Crippen molar-refractivity contribution in [2.45, 2.75) is 12.5 Å². The van der Waals surface area contributed by atoms with Crippen molar-refractivity contribution in [1.29, 1.82) is 0 Å². The van der Waals surface area contributed by atoms with E-state index >= 15 is 0 Å². The molecule has 2 fully saturated rings. The van der Waals surface area contributed by atoms with E-state index in [0.29, 0.717) is 39.5 Å².